The van der Waals surface area contributed by atoms with Gasteiger partial charge in [0.05, 0.1) is 12.2 Å². The van der Waals surface area contributed by atoms with Crippen LogP contribution in [0.2, 0.25) is 0 Å². The standard InChI is InChI=1S/C23H23N3O3/c1-25-10-7-17-5-6-18(12-19(17)14-25)22(27)15-26-11-8-21(13-23(26)28)29-16-20-4-2-3-9-24-20/h2-6,8-9,11-13H,7,10,14-16H2,1H3. The van der Waals surface area contributed by atoms with Gasteiger partial charge >= 0.3 is 0 Å². The molecule has 0 unspecified atom stereocenters. The predicted molar refractivity (Wildman–Crippen MR) is 110 cm³/mol. The minimum Gasteiger partial charge on any atom is -0.487 e. The van der Waals surface area contributed by atoms with E-state index in [2.05, 4.69) is 16.9 Å². The number of fused-ring (bicyclic) bond motifs is 1. The van der Waals surface area contributed by atoms with E-state index in [1.165, 1.54) is 21.8 Å². The first kappa shape index (κ1) is 19.1. The molecule has 6 nitrogen and oxygen atoms in total. The van der Waals surface area contributed by atoms with Gasteiger partial charge in [0.25, 0.3) is 5.56 Å². The maximum Gasteiger partial charge on any atom is 0.254 e. The van der Waals surface area contributed by atoms with Gasteiger partial charge in [0, 0.05) is 37.1 Å². The van der Waals surface area contributed by atoms with Gasteiger partial charge in [0.15, 0.2) is 5.78 Å². The zero-order valence-corrected chi connectivity index (χ0v) is 16.4. The second kappa shape index (κ2) is 8.41. The second-order valence-electron chi connectivity index (χ2n) is 7.33. The molecule has 3 aromatic rings. The monoisotopic (exact) mass is 389 g/mol. The summed E-state index contributed by atoms with van der Waals surface area (Å²) in [6, 6.07) is 14.5. The predicted octanol–water partition coefficient (Wildman–Crippen LogP) is 2.69. The van der Waals surface area contributed by atoms with Crippen molar-refractivity contribution in [1.29, 1.82) is 0 Å². The Bertz CT molecular complexity index is 1080. The van der Waals surface area contributed by atoms with Crippen molar-refractivity contribution in [3.05, 3.63) is 93.7 Å². The summed E-state index contributed by atoms with van der Waals surface area (Å²) in [6.07, 6.45) is 4.29. The quantitative estimate of drug-likeness (QED) is 0.607. The van der Waals surface area contributed by atoms with E-state index in [1.54, 1.807) is 18.5 Å². The van der Waals surface area contributed by atoms with E-state index in [4.69, 9.17) is 4.74 Å². The Hall–Kier alpha value is -3.25. The lowest BCUT2D eigenvalue weighted by Crippen LogP contribution is -2.27. The van der Waals surface area contributed by atoms with Gasteiger partial charge in [-0.25, -0.2) is 0 Å². The first-order valence-electron chi connectivity index (χ1n) is 9.65. The first-order valence-corrected chi connectivity index (χ1v) is 9.65. The minimum absolute atomic E-state index is 0.00792. The highest BCUT2D eigenvalue weighted by Crippen LogP contribution is 2.20. The Morgan fingerprint density at radius 1 is 1.14 bits per heavy atom. The Morgan fingerprint density at radius 2 is 2.03 bits per heavy atom. The summed E-state index contributed by atoms with van der Waals surface area (Å²) in [5, 5.41) is 0. The molecule has 0 atom stereocenters. The number of rotatable bonds is 6. The largest absolute Gasteiger partial charge is 0.487 e. The van der Waals surface area contributed by atoms with Crippen molar-refractivity contribution in [2.45, 2.75) is 26.1 Å². The molecule has 2 aromatic heterocycles. The Morgan fingerprint density at radius 3 is 2.83 bits per heavy atom. The molecule has 4 rings (SSSR count). The Balaban J connectivity index is 1.43. The van der Waals surface area contributed by atoms with Crippen LogP contribution in [0.4, 0.5) is 0 Å². The van der Waals surface area contributed by atoms with Crippen LogP contribution in [0.25, 0.3) is 0 Å². The number of carbonyl (C=O) groups excluding carboxylic acids is 1. The fourth-order valence-electron chi connectivity index (χ4n) is 3.47. The molecule has 0 N–H and O–H groups in total. The molecule has 1 aliphatic rings. The molecular formula is C23H23N3O3. The van der Waals surface area contributed by atoms with Crippen LogP contribution in [0.1, 0.15) is 27.2 Å². The number of ether oxygens (including phenoxy) is 1. The SMILES string of the molecule is CN1CCc2ccc(C(=O)Cn3ccc(OCc4ccccn4)cc3=O)cc2C1. The number of hydrogen-bond donors (Lipinski definition) is 0. The molecule has 1 aromatic carbocycles. The van der Waals surface area contributed by atoms with Crippen LogP contribution < -0.4 is 10.3 Å². The molecule has 0 aliphatic carbocycles. The van der Waals surface area contributed by atoms with E-state index in [1.807, 2.05) is 36.4 Å². The number of benzene rings is 1. The van der Waals surface area contributed by atoms with E-state index in [0.717, 1.165) is 25.2 Å². The molecule has 0 bridgehead atoms. The molecule has 6 heteroatoms. The molecule has 1 aliphatic heterocycles. The number of pyridine rings is 2. The number of Topliss-reactive ketones (excluding diaryl/α,β-unsaturated/α-hetero) is 1. The smallest absolute Gasteiger partial charge is 0.254 e. The third-order valence-corrected chi connectivity index (χ3v) is 5.13. The number of carbonyl (C=O) groups is 1. The molecule has 0 amide bonds. The Kier molecular flexibility index (Phi) is 5.53. The molecule has 0 saturated heterocycles. The van der Waals surface area contributed by atoms with Gasteiger partial charge in [-0.1, -0.05) is 18.2 Å². The highest BCUT2D eigenvalue weighted by Gasteiger charge is 2.16. The lowest BCUT2D eigenvalue weighted by molar-refractivity contribution is 0.0970. The van der Waals surface area contributed by atoms with Gasteiger partial charge < -0.3 is 14.2 Å². The topological polar surface area (TPSA) is 64.4 Å². The summed E-state index contributed by atoms with van der Waals surface area (Å²) in [6.45, 7) is 2.17. The molecule has 0 spiro atoms. The summed E-state index contributed by atoms with van der Waals surface area (Å²) in [7, 11) is 2.08. The number of aromatic nitrogens is 2. The van der Waals surface area contributed by atoms with Gasteiger partial charge in [-0.3, -0.25) is 14.6 Å². The van der Waals surface area contributed by atoms with E-state index >= 15 is 0 Å². The highest BCUT2D eigenvalue weighted by atomic mass is 16.5. The molecular weight excluding hydrogens is 366 g/mol. The van der Waals surface area contributed by atoms with E-state index in [0.29, 0.717) is 11.3 Å². The molecule has 0 saturated carbocycles. The van der Waals surface area contributed by atoms with Crippen LogP contribution in [-0.2, 0) is 26.1 Å². The lowest BCUT2D eigenvalue weighted by Gasteiger charge is -2.25. The minimum atomic E-state index is -0.269. The van der Waals surface area contributed by atoms with Gasteiger partial charge in [-0.15, -0.1) is 0 Å². The van der Waals surface area contributed by atoms with Crippen molar-refractivity contribution < 1.29 is 9.53 Å². The fraction of sp³-hybridized carbons (Fsp3) is 0.261. The van der Waals surface area contributed by atoms with E-state index < -0.39 is 0 Å². The number of likely N-dealkylation sites (N-methyl/N-ethyl adjacent to an activating group) is 1. The number of ketones is 1. The summed E-state index contributed by atoms with van der Waals surface area (Å²) >= 11 is 0. The van der Waals surface area contributed by atoms with Crippen LogP contribution in [0.15, 0.2) is 65.7 Å². The van der Waals surface area contributed by atoms with Crippen LogP contribution in [0, 0.1) is 0 Å². The van der Waals surface area contributed by atoms with Gasteiger partial charge in [-0.2, -0.15) is 0 Å². The molecule has 148 valence electrons. The summed E-state index contributed by atoms with van der Waals surface area (Å²) in [4.78, 5) is 31.5. The third kappa shape index (κ3) is 4.60. The normalized spacial score (nSPS) is 13.7. The molecule has 0 fully saturated rings. The molecule has 0 radical (unpaired) electrons. The molecule has 3 heterocycles. The summed E-state index contributed by atoms with van der Waals surface area (Å²) in [5.74, 6) is 0.381. The van der Waals surface area contributed by atoms with Crippen molar-refractivity contribution in [1.82, 2.24) is 14.5 Å². The van der Waals surface area contributed by atoms with Gasteiger partial charge in [0.1, 0.15) is 12.4 Å². The van der Waals surface area contributed by atoms with Crippen molar-refractivity contribution in [3.63, 3.8) is 0 Å². The van der Waals surface area contributed by atoms with Crippen LogP contribution in [0.3, 0.4) is 0 Å². The zero-order valence-electron chi connectivity index (χ0n) is 16.4. The van der Waals surface area contributed by atoms with Crippen molar-refractivity contribution in [2.24, 2.45) is 0 Å². The van der Waals surface area contributed by atoms with Crippen molar-refractivity contribution in [2.75, 3.05) is 13.6 Å². The van der Waals surface area contributed by atoms with Crippen LogP contribution in [0.5, 0.6) is 5.75 Å². The number of nitrogens with zero attached hydrogens (tertiary/aromatic N) is 3. The zero-order chi connectivity index (χ0) is 20.2. The summed E-state index contributed by atoms with van der Waals surface area (Å²) in [5.41, 5.74) is 3.64. The average molecular weight is 389 g/mol. The van der Waals surface area contributed by atoms with E-state index in [9.17, 15) is 9.59 Å². The van der Waals surface area contributed by atoms with E-state index in [-0.39, 0.29) is 24.5 Å². The van der Waals surface area contributed by atoms with Crippen molar-refractivity contribution >= 4 is 5.78 Å². The highest BCUT2D eigenvalue weighted by molar-refractivity contribution is 5.96. The first-order chi connectivity index (χ1) is 14.1. The average Bonchev–Trinajstić information content (AvgIpc) is 2.74. The third-order valence-electron chi connectivity index (χ3n) is 5.13. The van der Waals surface area contributed by atoms with Crippen molar-refractivity contribution in [3.8, 4) is 5.75 Å². The van der Waals surface area contributed by atoms with Crippen LogP contribution in [-0.4, -0.2) is 33.8 Å². The number of hydrogen-bond acceptors (Lipinski definition) is 5. The fourth-order valence-corrected chi connectivity index (χ4v) is 3.47. The molecule has 29 heavy (non-hydrogen) atoms. The summed E-state index contributed by atoms with van der Waals surface area (Å²) < 4.78 is 7.03. The lowest BCUT2D eigenvalue weighted by atomic mass is 9.96. The van der Waals surface area contributed by atoms with Gasteiger partial charge in [-0.05, 0) is 48.9 Å². The second-order valence-corrected chi connectivity index (χ2v) is 7.33. The van der Waals surface area contributed by atoms with Crippen LogP contribution >= 0.6 is 0 Å². The maximum absolute atomic E-state index is 12.7. The maximum atomic E-state index is 12.7. The Labute approximate surface area is 169 Å². The van der Waals surface area contributed by atoms with Gasteiger partial charge in [0.2, 0.25) is 0 Å².